The summed E-state index contributed by atoms with van der Waals surface area (Å²) in [5.74, 6) is 0.129. The minimum Gasteiger partial charge on any atom is -0.378 e. The molecule has 1 aliphatic heterocycles. The molecule has 1 aromatic rings. The first-order valence-electron chi connectivity index (χ1n) is 6.47. The minimum atomic E-state index is -0.223. The van der Waals surface area contributed by atoms with E-state index in [-0.39, 0.29) is 11.9 Å². The van der Waals surface area contributed by atoms with Crippen molar-refractivity contribution in [2.24, 2.45) is 0 Å². The highest BCUT2D eigenvalue weighted by molar-refractivity contribution is 9.10. The van der Waals surface area contributed by atoms with E-state index in [4.69, 9.17) is 4.74 Å². The van der Waals surface area contributed by atoms with Crippen molar-refractivity contribution in [3.8, 4) is 0 Å². The Labute approximate surface area is 122 Å². The van der Waals surface area contributed by atoms with Gasteiger partial charge in [-0.2, -0.15) is 0 Å². The average Bonchev–Trinajstić information content (AvgIpc) is 2.43. The van der Waals surface area contributed by atoms with Crippen molar-refractivity contribution in [2.45, 2.75) is 19.9 Å². The summed E-state index contributed by atoms with van der Waals surface area (Å²) >= 11 is 3.47. The number of amides is 1. The highest BCUT2D eigenvalue weighted by Gasteiger charge is 2.22. The monoisotopic (exact) mass is 326 g/mol. The lowest BCUT2D eigenvalue weighted by atomic mass is 10.2. The molecule has 19 heavy (non-hydrogen) atoms. The van der Waals surface area contributed by atoms with E-state index < -0.39 is 0 Å². The summed E-state index contributed by atoms with van der Waals surface area (Å²) in [6.07, 6.45) is 0. The Morgan fingerprint density at radius 1 is 1.42 bits per heavy atom. The molecule has 1 aliphatic rings. The Hall–Kier alpha value is -1.07. The van der Waals surface area contributed by atoms with Crippen LogP contribution in [0.4, 0.5) is 5.69 Å². The second-order valence-electron chi connectivity index (χ2n) is 4.77. The molecule has 1 saturated heterocycles. The van der Waals surface area contributed by atoms with Crippen LogP contribution < -0.4 is 5.32 Å². The number of carbonyl (C=O) groups is 1. The number of benzene rings is 1. The minimum absolute atomic E-state index is 0.129. The van der Waals surface area contributed by atoms with Crippen molar-refractivity contribution in [2.75, 3.05) is 31.6 Å². The molecule has 5 heteroatoms. The van der Waals surface area contributed by atoms with Crippen molar-refractivity contribution in [3.63, 3.8) is 0 Å². The van der Waals surface area contributed by atoms with Crippen molar-refractivity contribution in [3.05, 3.63) is 28.2 Å². The standard InChI is InChI=1S/C14H19BrN2O2/c1-10-9-12(3-4-13(10)15)16-11(2)14(18)17-5-7-19-8-6-17/h3-4,9,11,16H,5-8H2,1-2H3/t11-/m1/s1. The van der Waals surface area contributed by atoms with Crippen LogP contribution in [0.3, 0.4) is 0 Å². The molecular formula is C14H19BrN2O2. The first-order chi connectivity index (χ1) is 9.08. The molecule has 1 amide bonds. The summed E-state index contributed by atoms with van der Waals surface area (Å²) in [4.78, 5) is 14.1. The van der Waals surface area contributed by atoms with Crippen molar-refractivity contribution in [1.29, 1.82) is 0 Å². The quantitative estimate of drug-likeness (QED) is 0.927. The van der Waals surface area contributed by atoms with E-state index in [1.54, 1.807) is 0 Å². The topological polar surface area (TPSA) is 41.6 Å². The van der Waals surface area contributed by atoms with E-state index in [1.807, 2.05) is 36.9 Å². The molecule has 1 fully saturated rings. The number of halogens is 1. The maximum atomic E-state index is 12.3. The molecule has 0 bridgehead atoms. The Morgan fingerprint density at radius 2 is 2.11 bits per heavy atom. The fourth-order valence-corrected chi connectivity index (χ4v) is 2.35. The summed E-state index contributed by atoms with van der Waals surface area (Å²) in [5.41, 5.74) is 2.12. The first kappa shape index (κ1) is 14.3. The average molecular weight is 327 g/mol. The van der Waals surface area contributed by atoms with Crippen LogP contribution in [0.1, 0.15) is 12.5 Å². The Balaban J connectivity index is 1.97. The van der Waals surface area contributed by atoms with Gasteiger partial charge in [0.25, 0.3) is 0 Å². The number of anilines is 1. The van der Waals surface area contributed by atoms with Gasteiger partial charge in [0.1, 0.15) is 6.04 Å². The Kier molecular flexibility index (Phi) is 4.82. The van der Waals surface area contributed by atoms with Crippen LogP contribution in [-0.2, 0) is 9.53 Å². The molecule has 0 aliphatic carbocycles. The molecule has 104 valence electrons. The van der Waals surface area contributed by atoms with Crippen molar-refractivity contribution < 1.29 is 9.53 Å². The number of ether oxygens (including phenoxy) is 1. The molecule has 2 rings (SSSR count). The summed E-state index contributed by atoms with van der Waals surface area (Å²) in [7, 11) is 0. The number of aryl methyl sites for hydroxylation is 1. The van der Waals surface area contributed by atoms with Crippen LogP contribution in [0.15, 0.2) is 22.7 Å². The molecule has 0 radical (unpaired) electrons. The number of nitrogens with zero attached hydrogens (tertiary/aromatic N) is 1. The molecule has 1 heterocycles. The maximum absolute atomic E-state index is 12.3. The predicted molar refractivity (Wildman–Crippen MR) is 79.4 cm³/mol. The highest BCUT2D eigenvalue weighted by Crippen LogP contribution is 2.20. The van der Waals surface area contributed by atoms with Gasteiger partial charge < -0.3 is 15.0 Å². The van der Waals surface area contributed by atoms with Crippen molar-refractivity contribution >= 4 is 27.5 Å². The SMILES string of the molecule is Cc1cc(N[C@H](C)C(=O)N2CCOCC2)ccc1Br. The van der Waals surface area contributed by atoms with E-state index in [1.165, 1.54) is 0 Å². The van der Waals surface area contributed by atoms with Gasteiger partial charge in [-0.1, -0.05) is 15.9 Å². The van der Waals surface area contributed by atoms with E-state index in [0.717, 1.165) is 15.7 Å². The summed E-state index contributed by atoms with van der Waals surface area (Å²) in [6.45, 7) is 6.57. The molecular weight excluding hydrogens is 308 g/mol. The summed E-state index contributed by atoms with van der Waals surface area (Å²) in [5, 5.41) is 3.25. The highest BCUT2D eigenvalue weighted by atomic mass is 79.9. The Morgan fingerprint density at radius 3 is 2.74 bits per heavy atom. The van der Waals surface area contributed by atoms with Gasteiger partial charge in [0.15, 0.2) is 0 Å². The van der Waals surface area contributed by atoms with Gasteiger partial charge in [0, 0.05) is 23.2 Å². The number of morpholine rings is 1. The fraction of sp³-hybridized carbons (Fsp3) is 0.500. The van der Waals surface area contributed by atoms with Gasteiger partial charge in [-0.3, -0.25) is 4.79 Å². The normalized spacial score (nSPS) is 17.1. The van der Waals surface area contributed by atoms with Crippen LogP contribution in [0, 0.1) is 6.92 Å². The lowest BCUT2D eigenvalue weighted by Crippen LogP contribution is -2.46. The van der Waals surface area contributed by atoms with Gasteiger partial charge in [0.05, 0.1) is 13.2 Å². The van der Waals surface area contributed by atoms with Crippen LogP contribution in [0.5, 0.6) is 0 Å². The fourth-order valence-electron chi connectivity index (χ4n) is 2.10. The number of hydrogen-bond donors (Lipinski definition) is 1. The van der Waals surface area contributed by atoms with Gasteiger partial charge in [-0.25, -0.2) is 0 Å². The van der Waals surface area contributed by atoms with Crippen LogP contribution in [0.25, 0.3) is 0 Å². The molecule has 0 spiro atoms. The largest absolute Gasteiger partial charge is 0.378 e. The molecule has 0 saturated carbocycles. The molecule has 1 atom stereocenters. The van der Waals surface area contributed by atoms with Gasteiger partial charge >= 0.3 is 0 Å². The number of carbonyl (C=O) groups excluding carboxylic acids is 1. The van der Waals surface area contributed by atoms with E-state index in [2.05, 4.69) is 21.2 Å². The summed E-state index contributed by atoms with van der Waals surface area (Å²) < 4.78 is 6.33. The van der Waals surface area contributed by atoms with Gasteiger partial charge in [0.2, 0.25) is 5.91 Å². The maximum Gasteiger partial charge on any atom is 0.244 e. The second kappa shape index (κ2) is 6.39. The van der Waals surface area contributed by atoms with E-state index in [9.17, 15) is 4.79 Å². The number of rotatable bonds is 3. The third-order valence-electron chi connectivity index (χ3n) is 3.23. The van der Waals surface area contributed by atoms with Crippen LogP contribution in [-0.4, -0.2) is 43.2 Å². The third-order valence-corrected chi connectivity index (χ3v) is 4.12. The second-order valence-corrected chi connectivity index (χ2v) is 5.62. The van der Waals surface area contributed by atoms with Crippen LogP contribution in [0.2, 0.25) is 0 Å². The van der Waals surface area contributed by atoms with Gasteiger partial charge in [-0.05, 0) is 37.6 Å². The predicted octanol–water partition coefficient (Wildman–Crippen LogP) is 2.42. The first-order valence-corrected chi connectivity index (χ1v) is 7.26. The molecule has 4 nitrogen and oxygen atoms in total. The Bertz CT molecular complexity index is 459. The number of nitrogens with one attached hydrogen (secondary N) is 1. The number of hydrogen-bond acceptors (Lipinski definition) is 3. The molecule has 0 unspecified atom stereocenters. The van der Waals surface area contributed by atoms with Crippen molar-refractivity contribution in [1.82, 2.24) is 4.90 Å². The van der Waals surface area contributed by atoms with E-state index >= 15 is 0 Å². The smallest absolute Gasteiger partial charge is 0.244 e. The lowest BCUT2D eigenvalue weighted by molar-refractivity contribution is -0.135. The zero-order chi connectivity index (χ0) is 13.8. The molecule has 1 aromatic carbocycles. The van der Waals surface area contributed by atoms with E-state index in [0.29, 0.717) is 26.3 Å². The third kappa shape index (κ3) is 3.70. The summed E-state index contributed by atoms with van der Waals surface area (Å²) in [6, 6.07) is 5.77. The molecule has 0 aromatic heterocycles. The lowest BCUT2D eigenvalue weighted by Gasteiger charge is -2.29. The zero-order valence-electron chi connectivity index (χ0n) is 11.3. The zero-order valence-corrected chi connectivity index (χ0v) is 12.9. The molecule has 1 N–H and O–H groups in total. The van der Waals surface area contributed by atoms with Gasteiger partial charge in [-0.15, -0.1) is 0 Å². The van der Waals surface area contributed by atoms with Crippen LogP contribution >= 0.6 is 15.9 Å².